The highest BCUT2D eigenvalue weighted by Gasteiger charge is 2.18. The number of hydrogen-bond donors (Lipinski definition) is 0. The van der Waals surface area contributed by atoms with E-state index in [-0.39, 0.29) is 26.4 Å². The first-order chi connectivity index (χ1) is 21.1. The van der Waals surface area contributed by atoms with Crippen molar-refractivity contribution in [2.24, 2.45) is 0 Å². The zero-order valence-electron chi connectivity index (χ0n) is 28.6. The summed E-state index contributed by atoms with van der Waals surface area (Å²) < 4.78 is 28.3. The smallest absolute Gasteiger partial charge is 0.410 e. The number of quaternary nitrogens is 1. The average molecular weight is 641 g/mol. The van der Waals surface area contributed by atoms with Crippen LogP contribution >= 0.6 is 7.82 Å². The van der Waals surface area contributed by atoms with E-state index in [1.54, 1.807) is 4.90 Å². The van der Waals surface area contributed by atoms with Crippen molar-refractivity contribution in [1.82, 2.24) is 4.90 Å². The molecule has 0 saturated carbocycles. The Morgan fingerprint density at radius 3 is 1.64 bits per heavy atom. The molecule has 1 aromatic rings. The molecule has 256 valence electrons. The van der Waals surface area contributed by atoms with Crippen LogP contribution in [0.25, 0.3) is 0 Å². The molecule has 0 radical (unpaired) electrons. The van der Waals surface area contributed by atoms with Crippen LogP contribution in [0.3, 0.4) is 0 Å². The summed E-state index contributed by atoms with van der Waals surface area (Å²) >= 11 is 0. The van der Waals surface area contributed by atoms with E-state index in [0.717, 1.165) is 24.8 Å². The quantitative estimate of drug-likeness (QED) is 0.0494. The first-order valence-electron chi connectivity index (χ1n) is 17.5. The van der Waals surface area contributed by atoms with Crippen LogP contribution in [-0.2, 0) is 25.0 Å². The number of unbranched alkanes of at least 4 members (excludes halogenated alkanes) is 17. The number of phosphoric acid groups is 1. The Balaban J connectivity index is 2.22. The predicted molar refractivity (Wildman–Crippen MR) is 179 cm³/mol. The van der Waals surface area contributed by atoms with Gasteiger partial charge < -0.3 is 28.1 Å². The van der Waals surface area contributed by atoms with E-state index < -0.39 is 13.9 Å². The van der Waals surface area contributed by atoms with E-state index in [1.807, 2.05) is 51.5 Å². The Kier molecular flexibility index (Phi) is 23.7. The van der Waals surface area contributed by atoms with Crippen LogP contribution < -0.4 is 4.89 Å². The fourth-order valence-electron chi connectivity index (χ4n) is 5.04. The molecule has 0 saturated heterocycles. The summed E-state index contributed by atoms with van der Waals surface area (Å²) in [6.45, 7) is 3.49. The lowest BCUT2D eigenvalue weighted by atomic mass is 10.0. The lowest BCUT2D eigenvalue weighted by Crippen LogP contribution is -2.38. The lowest BCUT2D eigenvalue weighted by Gasteiger charge is -2.28. The molecular formula is C35H65N2O6P. The Hall–Kier alpha value is -1.44. The maximum absolute atomic E-state index is 12.8. The Morgan fingerprint density at radius 1 is 0.705 bits per heavy atom. The van der Waals surface area contributed by atoms with Crippen molar-refractivity contribution in [2.75, 3.05) is 54.0 Å². The monoisotopic (exact) mass is 640 g/mol. The molecule has 0 fully saturated rings. The lowest BCUT2D eigenvalue weighted by molar-refractivity contribution is -0.870. The number of carbonyl (C=O) groups is 1. The number of amides is 1. The van der Waals surface area contributed by atoms with E-state index in [1.165, 1.54) is 96.3 Å². The number of likely N-dealkylation sites (N-methyl/N-ethyl adjacent to an activating group) is 1. The van der Waals surface area contributed by atoms with Crippen molar-refractivity contribution in [1.29, 1.82) is 0 Å². The van der Waals surface area contributed by atoms with Gasteiger partial charge in [-0.2, -0.15) is 0 Å². The van der Waals surface area contributed by atoms with Crippen LogP contribution in [0.1, 0.15) is 128 Å². The molecule has 1 amide bonds. The Morgan fingerprint density at radius 2 is 1.16 bits per heavy atom. The predicted octanol–water partition coefficient (Wildman–Crippen LogP) is 8.87. The van der Waals surface area contributed by atoms with Gasteiger partial charge in [0.25, 0.3) is 7.82 Å². The molecule has 9 heteroatoms. The normalized spacial score (nSPS) is 13.1. The SMILES string of the molecule is CCCCCCCCCCCCCCCCCCCCN(CCOP(=O)([O-])OCC[N+](C)(C)C)C(=O)OCc1ccccc1. The molecule has 0 spiro atoms. The molecule has 1 atom stereocenters. The maximum atomic E-state index is 12.8. The Bertz CT molecular complexity index is 865. The van der Waals surface area contributed by atoms with Gasteiger partial charge >= 0.3 is 6.09 Å². The minimum Gasteiger partial charge on any atom is -0.756 e. The van der Waals surface area contributed by atoms with Gasteiger partial charge in [0, 0.05) is 13.1 Å². The molecule has 1 rings (SSSR count). The number of phosphoric ester groups is 1. The molecule has 0 heterocycles. The van der Waals surface area contributed by atoms with Gasteiger partial charge in [-0.3, -0.25) is 4.57 Å². The third-order valence-corrected chi connectivity index (χ3v) is 8.86. The van der Waals surface area contributed by atoms with Crippen LogP contribution in [0.2, 0.25) is 0 Å². The summed E-state index contributed by atoms with van der Waals surface area (Å²) in [4.78, 5) is 26.5. The van der Waals surface area contributed by atoms with Crippen LogP contribution in [0.5, 0.6) is 0 Å². The zero-order valence-corrected chi connectivity index (χ0v) is 29.5. The van der Waals surface area contributed by atoms with Gasteiger partial charge in [0.2, 0.25) is 0 Å². The van der Waals surface area contributed by atoms with Crippen molar-refractivity contribution in [3.63, 3.8) is 0 Å². The van der Waals surface area contributed by atoms with E-state index in [2.05, 4.69) is 6.92 Å². The largest absolute Gasteiger partial charge is 0.756 e. The fraction of sp³-hybridized carbons (Fsp3) is 0.800. The highest BCUT2D eigenvalue weighted by Crippen LogP contribution is 2.37. The van der Waals surface area contributed by atoms with Crippen molar-refractivity contribution in [3.05, 3.63) is 35.9 Å². The van der Waals surface area contributed by atoms with Crippen LogP contribution in [-0.4, -0.2) is 69.5 Å². The van der Waals surface area contributed by atoms with Gasteiger partial charge in [0.15, 0.2) is 0 Å². The van der Waals surface area contributed by atoms with Crippen LogP contribution in [0.4, 0.5) is 4.79 Å². The van der Waals surface area contributed by atoms with Gasteiger partial charge in [-0.25, -0.2) is 4.79 Å². The molecule has 0 aromatic heterocycles. The summed E-state index contributed by atoms with van der Waals surface area (Å²) in [5.74, 6) is 0. The second-order valence-electron chi connectivity index (χ2n) is 13.2. The molecule has 8 nitrogen and oxygen atoms in total. The van der Waals surface area contributed by atoms with Gasteiger partial charge in [-0.05, 0) is 12.0 Å². The second kappa shape index (κ2) is 25.7. The number of ether oxygens (including phenoxy) is 1. The van der Waals surface area contributed by atoms with Crippen molar-refractivity contribution in [2.45, 2.75) is 129 Å². The average Bonchev–Trinajstić information content (AvgIpc) is 2.98. The molecular weight excluding hydrogens is 575 g/mol. The number of carbonyl (C=O) groups excluding carboxylic acids is 1. The second-order valence-corrected chi connectivity index (χ2v) is 14.6. The maximum Gasteiger partial charge on any atom is 0.410 e. The van der Waals surface area contributed by atoms with E-state index in [0.29, 0.717) is 17.6 Å². The number of hydrogen-bond acceptors (Lipinski definition) is 6. The summed E-state index contributed by atoms with van der Waals surface area (Å²) in [5, 5.41) is 0. The molecule has 0 aliphatic rings. The van der Waals surface area contributed by atoms with Gasteiger partial charge in [-0.15, -0.1) is 0 Å². The highest BCUT2D eigenvalue weighted by molar-refractivity contribution is 7.45. The molecule has 0 bridgehead atoms. The molecule has 0 aliphatic heterocycles. The van der Waals surface area contributed by atoms with Crippen LogP contribution in [0.15, 0.2) is 30.3 Å². The molecule has 44 heavy (non-hydrogen) atoms. The molecule has 1 unspecified atom stereocenters. The number of rotatable bonds is 29. The van der Waals surface area contributed by atoms with Crippen LogP contribution in [0, 0.1) is 0 Å². The van der Waals surface area contributed by atoms with Gasteiger partial charge in [0.05, 0.1) is 27.7 Å². The first-order valence-corrected chi connectivity index (χ1v) is 19.0. The van der Waals surface area contributed by atoms with Gasteiger partial charge in [-0.1, -0.05) is 146 Å². The molecule has 0 N–H and O–H groups in total. The minimum absolute atomic E-state index is 0.0480. The summed E-state index contributed by atoms with van der Waals surface area (Å²) in [6, 6.07) is 9.52. The van der Waals surface area contributed by atoms with Crippen molar-refractivity contribution < 1.29 is 32.5 Å². The third-order valence-electron chi connectivity index (χ3n) is 7.87. The number of nitrogens with zero attached hydrogens (tertiary/aromatic N) is 2. The number of benzene rings is 1. The highest BCUT2D eigenvalue weighted by atomic mass is 31.2. The molecule has 1 aromatic carbocycles. The van der Waals surface area contributed by atoms with E-state index in [9.17, 15) is 14.3 Å². The standard InChI is InChI=1S/C35H65N2O6P/c1-5-6-7-8-9-10-11-12-13-14-15-16-17-18-19-20-21-25-28-36(35(38)41-33-34-26-23-22-24-27-34)29-31-42-44(39,40)43-32-30-37(2,3)4/h22-24,26-27H,5-21,25,28-33H2,1-4H3. The zero-order chi connectivity index (χ0) is 32.4. The topological polar surface area (TPSA) is 88.1 Å². The van der Waals surface area contributed by atoms with Crippen molar-refractivity contribution in [3.8, 4) is 0 Å². The first kappa shape index (κ1) is 40.6. The fourth-order valence-corrected chi connectivity index (χ4v) is 5.72. The van der Waals surface area contributed by atoms with Gasteiger partial charge in [0.1, 0.15) is 19.8 Å². The summed E-state index contributed by atoms with van der Waals surface area (Å²) in [7, 11) is 1.44. The van der Waals surface area contributed by atoms with Crippen molar-refractivity contribution >= 4 is 13.9 Å². The van der Waals surface area contributed by atoms with E-state index >= 15 is 0 Å². The third kappa shape index (κ3) is 24.8. The summed E-state index contributed by atoms with van der Waals surface area (Å²) in [5.41, 5.74) is 0.903. The summed E-state index contributed by atoms with van der Waals surface area (Å²) in [6.07, 6.45) is 23.0. The molecule has 0 aliphatic carbocycles. The van der Waals surface area contributed by atoms with E-state index in [4.69, 9.17) is 13.8 Å². The Labute approximate surface area is 270 Å². The minimum atomic E-state index is -4.43.